The smallest absolute Gasteiger partial charge is 0.159 e. The molecule has 0 aliphatic carbocycles. The Morgan fingerprint density at radius 2 is 2.12 bits per heavy atom. The van der Waals surface area contributed by atoms with Crippen molar-refractivity contribution in [3.63, 3.8) is 0 Å². The van der Waals surface area contributed by atoms with E-state index >= 15 is 0 Å². The molecule has 4 heterocycles. The summed E-state index contributed by atoms with van der Waals surface area (Å²) in [5.74, 6) is 5.11. The second-order valence-corrected chi connectivity index (χ2v) is 11.5. The van der Waals surface area contributed by atoms with Crippen molar-refractivity contribution in [1.29, 1.82) is 0 Å². The fraction of sp³-hybridized carbons (Fsp3) is 0.375. The maximum atomic E-state index is 6.12. The second kappa shape index (κ2) is 9.09. The number of aliphatic imine (C=N–C) groups is 1. The minimum atomic E-state index is 0.383. The van der Waals surface area contributed by atoms with Gasteiger partial charge in [-0.1, -0.05) is 32.2 Å². The number of rotatable bonds is 4. The Kier molecular flexibility index (Phi) is 6.16. The van der Waals surface area contributed by atoms with Crippen LogP contribution in [0.5, 0.6) is 5.75 Å². The lowest BCUT2D eigenvalue weighted by atomic mass is 10.0. The van der Waals surface area contributed by atoms with Crippen LogP contribution in [-0.2, 0) is 13.1 Å². The summed E-state index contributed by atoms with van der Waals surface area (Å²) < 4.78 is 6.12. The Hall–Kier alpha value is -2.41. The minimum absolute atomic E-state index is 0.383. The molecule has 0 amide bonds. The summed E-state index contributed by atoms with van der Waals surface area (Å²) >= 11 is 1.66. The number of nitrogens with zero attached hydrogens (tertiary/aromatic N) is 5. The number of thioether (sulfide) groups is 1. The van der Waals surface area contributed by atoms with Crippen molar-refractivity contribution in [1.82, 2.24) is 14.9 Å². The van der Waals surface area contributed by atoms with Gasteiger partial charge in [-0.25, -0.2) is 15.0 Å². The minimum Gasteiger partial charge on any atom is -0.491 e. The molecule has 0 spiro atoms. The van der Waals surface area contributed by atoms with E-state index in [0.717, 1.165) is 54.0 Å². The van der Waals surface area contributed by atoms with Crippen LogP contribution < -0.4 is 15.4 Å². The summed E-state index contributed by atoms with van der Waals surface area (Å²) in [6.45, 7) is 7.04. The fourth-order valence-electron chi connectivity index (χ4n) is 4.24. The summed E-state index contributed by atoms with van der Waals surface area (Å²) in [6.07, 6.45) is 2.18. The van der Waals surface area contributed by atoms with E-state index in [4.69, 9.17) is 20.4 Å². The van der Waals surface area contributed by atoms with Crippen molar-refractivity contribution in [3.8, 4) is 5.75 Å². The lowest BCUT2D eigenvalue weighted by molar-refractivity contribution is 0.331. The number of nitrogens with two attached hydrogens (primary N) is 1. The number of benzene rings is 1. The topological polar surface area (TPSA) is 79.9 Å². The number of hydrogen-bond acceptors (Lipinski definition) is 8. The molecule has 3 aliphatic rings. The van der Waals surface area contributed by atoms with E-state index in [1.54, 1.807) is 11.8 Å². The van der Waals surface area contributed by atoms with Crippen LogP contribution in [0.2, 0.25) is 0 Å². The number of anilines is 1. The zero-order valence-electron chi connectivity index (χ0n) is 19.4. The highest BCUT2D eigenvalue weighted by molar-refractivity contribution is 8.18. The van der Waals surface area contributed by atoms with Gasteiger partial charge < -0.3 is 20.3 Å². The van der Waals surface area contributed by atoms with E-state index in [9.17, 15) is 0 Å². The molecule has 172 valence electrons. The first-order valence-electron chi connectivity index (χ1n) is 11.1. The van der Waals surface area contributed by atoms with E-state index in [1.165, 1.54) is 16.7 Å². The molecule has 0 saturated heterocycles. The van der Waals surface area contributed by atoms with E-state index < -0.39 is 0 Å². The van der Waals surface area contributed by atoms with E-state index in [-0.39, 0.29) is 0 Å². The van der Waals surface area contributed by atoms with Gasteiger partial charge in [0.1, 0.15) is 24.0 Å². The van der Waals surface area contributed by atoms with Crippen LogP contribution in [0.15, 0.2) is 40.8 Å². The van der Waals surface area contributed by atoms with Gasteiger partial charge in [-0.3, -0.25) is 0 Å². The maximum absolute atomic E-state index is 6.12. The molecule has 3 aliphatic heterocycles. The lowest BCUT2D eigenvalue weighted by Crippen LogP contribution is -2.28. The molecular weight excluding hydrogens is 451 g/mol. The lowest BCUT2D eigenvalue weighted by Gasteiger charge is -2.24. The first-order valence-corrected chi connectivity index (χ1v) is 13.1. The average molecular weight is 481 g/mol. The molecule has 1 aromatic heterocycles. The molecule has 2 atom stereocenters. The molecule has 5 rings (SSSR count). The number of hydrogen-bond donors (Lipinski definition) is 1. The van der Waals surface area contributed by atoms with Gasteiger partial charge in [-0.2, -0.15) is 0 Å². The fourth-order valence-corrected chi connectivity index (χ4v) is 6.62. The van der Waals surface area contributed by atoms with E-state index in [1.807, 2.05) is 14.1 Å². The number of allylic oxidation sites excluding steroid dienone is 2. The first kappa shape index (κ1) is 22.4. The molecule has 7 nitrogen and oxygen atoms in total. The van der Waals surface area contributed by atoms with Crippen LogP contribution in [-0.4, -0.2) is 52.3 Å². The van der Waals surface area contributed by atoms with E-state index in [2.05, 4.69) is 58.7 Å². The average Bonchev–Trinajstić information content (AvgIpc) is 3.01. The van der Waals surface area contributed by atoms with Crippen molar-refractivity contribution in [2.24, 2.45) is 10.7 Å². The Bertz CT molecular complexity index is 1190. The molecule has 0 radical (unpaired) electrons. The third kappa shape index (κ3) is 4.65. The van der Waals surface area contributed by atoms with Crippen LogP contribution in [0.4, 0.5) is 5.82 Å². The Morgan fingerprint density at radius 3 is 2.94 bits per heavy atom. The van der Waals surface area contributed by atoms with Gasteiger partial charge in [-0.15, -0.1) is 0 Å². The van der Waals surface area contributed by atoms with Crippen molar-refractivity contribution in [2.45, 2.75) is 31.9 Å². The number of aromatic nitrogens is 2. The van der Waals surface area contributed by atoms with Gasteiger partial charge in [0, 0.05) is 23.4 Å². The molecule has 0 saturated carbocycles. The van der Waals surface area contributed by atoms with Crippen LogP contribution in [0.25, 0.3) is 5.57 Å². The van der Waals surface area contributed by atoms with Crippen LogP contribution in [0.3, 0.4) is 0 Å². The van der Waals surface area contributed by atoms with Gasteiger partial charge in [0.25, 0.3) is 0 Å². The molecule has 33 heavy (non-hydrogen) atoms. The third-order valence-corrected chi connectivity index (χ3v) is 8.63. The summed E-state index contributed by atoms with van der Waals surface area (Å²) in [5, 5.41) is 0.670. The van der Waals surface area contributed by atoms with Crippen molar-refractivity contribution in [2.75, 3.05) is 32.1 Å². The third-order valence-electron chi connectivity index (χ3n) is 5.98. The molecule has 2 unspecified atom stereocenters. The quantitative estimate of drug-likeness (QED) is 0.666. The number of aryl methyl sites for hydroxylation is 1. The normalized spacial score (nSPS) is 20.6. The zero-order valence-corrected chi connectivity index (χ0v) is 21.2. The summed E-state index contributed by atoms with van der Waals surface area (Å²) in [5.41, 5.74) is 12.7. The van der Waals surface area contributed by atoms with Crippen molar-refractivity contribution >= 4 is 36.9 Å². The summed E-state index contributed by atoms with van der Waals surface area (Å²) in [4.78, 5) is 19.0. The summed E-state index contributed by atoms with van der Waals surface area (Å²) in [6, 6.07) is 6.49. The number of fused-ring (bicyclic) bond motifs is 2. The highest BCUT2D eigenvalue weighted by Crippen LogP contribution is 2.47. The molecule has 1 aromatic carbocycles. The van der Waals surface area contributed by atoms with Crippen molar-refractivity contribution in [3.05, 3.63) is 64.0 Å². The van der Waals surface area contributed by atoms with Gasteiger partial charge >= 0.3 is 0 Å². The van der Waals surface area contributed by atoms with Crippen molar-refractivity contribution < 1.29 is 4.74 Å². The monoisotopic (exact) mass is 480 g/mol. The molecule has 0 fully saturated rings. The maximum Gasteiger partial charge on any atom is 0.159 e. The second-order valence-electron chi connectivity index (χ2n) is 8.79. The Labute approximate surface area is 201 Å². The molecule has 9 heteroatoms. The predicted octanol–water partition coefficient (Wildman–Crippen LogP) is 3.86. The molecule has 2 N–H and O–H groups in total. The Balaban J connectivity index is 1.46. The highest BCUT2D eigenvalue weighted by Gasteiger charge is 2.26. The molecule has 2 aromatic rings. The number of ether oxygens (including phenoxy) is 1. The highest BCUT2D eigenvalue weighted by atomic mass is 32.2. The standard InChI is InChI=1S/C24H29N6OPS/c1-14-15(2)26-21(12-29(3)4)28-22(14)30-7-8-31-20-6-5-16(9-17(20)11-30)18-10-19-23(32-13-18)33-24(25)27-19/h5-6,9-10,13,23,32H,7-8,11-12H2,1-4H3,(H2,25,27). The van der Waals surface area contributed by atoms with Gasteiger partial charge in [0.05, 0.1) is 23.8 Å². The first-order chi connectivity index (χ1) is 15.9. The predicted molar refractivity (Wildman–Crippen MR) is 139 cm³/mol. The van der Waals surface area contributed by atoms with Crippen LogP contribution >= 0.6 is 20.3 Å². The molecular formula is C24H29N6OPS. The van der Waals surface area contributed by atoms with Crippen LogP contribution in [0.1, 0.15) is 28.2 Å². The van der Waals surface area contributed by atoms with Gasteiger partial charge in [-0.05, 0) is 57.3 Å². The number of amidine groups is 1. The largest absolute Gasteiger partial charge is 0.491 e. The zero-order chi connectivity index (χ0) is 23.1. The molecule has 0 bridgehead atoms. The van der Waals surface area contributed by atoms with Gasteiger partial charge in [0.2, 0.25) is 0 Å². The van der Waals surface area contributed by atoms with Crippen LogP contribution in [0, 0.1) is 13.8 Å². The Morgan fingerprint density at radius 1 is 1.27 bits per heavy atom. The van der Waals surface area contributed by atoms with Gasteiger partial charge in [0.15, 0.2) is 5.17 Å². The van der Waals surface area contributed by atoms with E-state index in [0.29, 0.717) is 25.3 Å². The SMILES string of the molecule is Cc1nc(CN(C)C)nc(N2CCOc3ccc(C4=CPC5SC(N)=NC5=C4)cc3C2)c1C. The summed E-state index contributed by atoms with van der Waals surface area (Å²) in [7, 11) is 4.75.